The highest BCUT2D eigenvalue weighted by Gasteiger charge is 2.16. The Balaban J connectivity index is 0.00000392. The first-order valence-corrected chi connectivity index (χ1v) is 11.0. The second-order valence-corrected chi connectivity index (χ2v) is 9.15. The van der Waals surface area contributed by atoms with E-state index in [1.54, 1.807) is 31.4 Å². The summed E-state index contributed by atoms with van der Waals surface area (Å²) >= 11 is 1.62. The normalized spacial score (nSPS) is 11.8. The highest BCUT2D eigenvalue weighted by molar-refractivity contribution is 14.0. The summed E-state index contributed by atoms with van der Waals surface area (Å²) in [5.74, 6) is 0.687. The molecule has 0 amide bonds. The van der Waals surface area contributed by atoms with Gasteiger partial charge in [0.2, 0.25) is 10.0 Å². The van der Waals surface area contributed by atoms with Crippen molar-refractivity contribution in [1.82, 2.24) is 19.9 Å². The van der Waals surface area contributed by atoms with Gasteiger partial charge in [-0.25, -0.2) is 18.1 Å². The van der Waals surface area contributed by atoms with Gasteiger partial charge in [-0.3, -0.25) is 4.99 Å². The van der Waals surface area contributed by atoms with Gasteiger partial charge in [0.25, 0.3) is 0 Å². The van der Waals surface area contributed by atoms with Gasteiger partial charge in [0.15, 0.2) is 5.96 Å². The summed E-state index contributed by atoms with van der Waals surface area (Å²) in [6.07, 6.45) is 0. The van der Waals surface area contributed by atoms with Crippen molar-refractivity contribution >= 4 is 51.3 Å². The molecule has 7 nitrogen and oxygen atoms in total. The molecule has 2 aromatic rings. The van der Waals surface area contributed by atoms with E-state index in [1.165, 1.54) is 0 Å². The highest BCUT2D eigenvalue weighted by Crippen LogP contribution is 2.16. The molecule has 0 unspecified atom stereocenters. The fourth-order valence-corrected chi connectivity index (χ4v) is 4.58. The van der Waals surface area contributed by atoms with Crippen LogP contribution in [0.25, 0.3) is 0 Å². The lowest BCUT2D eigenvalue weighted by Crippen LogP contribution is -2.42. The fraction of sp³-hybridized carbons (Fsp3) is 0.444. The van der Waals surface area contributed by atoms with Crippen LogP contribution in [0.2, 0.25) is 0 Å². The Kier molecular flexibility index (Phi) is 9.81. The topological polar surface area (TPSA) is 86.7 Å². The van der Waals surface area contributed by atoms with Gasteiger partial charge in [-0.15, -0.1) is 35.3 Å². The Bertz CT molecular complexity index is 912. The van der Waals surface area contributed by atoms with Crippen molar-refractivity contribution in [3.63, 3.8) is 0 Å². The average molecular weight is 537 g/mol. The van der Waals surface area contributed by atoms with Gasteiger partial charge in [-0.2, -0.15) is 0 Å². The molecular formula is C18H28IN5O2S2. The van der Waals surface area contributed by atoms with Crippen molar-refractivity contribution in [3.8, 4) is 0 Å². The lowest BCUT2D eigenvalue weighted by Gasteiger charge is -2.21. The lowest BCUT2D eigenvalue weighted by atomic mass is 10.2. The summed E-state index contributed by atoms with van der Waals surface area (Å²) in [6, 6.07) is 5.41. The smallest absolute Gasteiger partial charge is 0.240 e. The number of thiazole rings is 1. The molecule has 0 aliphatic rings. The van der Waals surface area contributed by atoms with Crippen molar-refractivity contribution in [2.24, 2.45) is 4.99 Å². The molecule has 1 aromatic carbocycles. The molecule has 0 bridgehead atoms. The summed E-state index contributed by atoms with van der Waals surface area (Å²) in [5, 5.41) is 6.23. The standard InChI is InChI=1S/C18H27N5O2S2.HI/c1-13-6-7-14(2)17(10-13)27(24,25)21-9-8-20-18(19-4)23(5)11-16-12-26-15(3)22-16;/h6-7,10,12,21H,8-9,11H2,1-5H3,(H,19,20);1H. The van der Waals surface area contributed by atoms with Gasteiger partial charge in [0.1, 0.15) is 0 Å². The van der Waals surface area contributed by atoms with E-state index >= 15 is 0 Å². The molecule has 0 saturated carbocycles. The number of nitrogens with zero attached hydrogens (tertiary/aromatic N) is 3. The quantitative estimate of drug-likeness (QED) is 0.246. The predicted molar refractivity (Wildman–Crippen MR) is 126 cm³/mol. The Morgan fingerprint density at radius 1 is 1.25 bits per heavy atom. The second kappa shape index (κ2) is 11.1. The van der Waals surface area contributed by atoms with Crippen molar-refractivity contribution in [2.75, 3.05) is 27.2 Å². The molecule has 0 fully saturated rings. The molecule has 0 atom stereocenters. The van der Waals surface area contributed by atoms with Gasteiger partial charge < -0.3 is 10.2 Å². The Hall–Kier alpha value is -1.24. The maximum absolute atomic E-state index is 12.5. The van der Waals surface area contributed by atoms with Crippen LogP contribution < -0.4 is 10.0 Å². The summed E-state index contributed by atoms with van der Waals surface area (Å²) in [7, 11) is 0.0845. The zero-order valence-electron chi connectivity index (χ0n) is 16.8. The molecule has 0 saturated heterocycles. The largest absolute Gasteiger partial charge is 0.355 e. The minimum atomic E-state index is -3.54. The molecule has 2 rings (SSSR count). The number of nitrogens with one attached hydrogen (secondary N) is 2. The van der Waals surface area contributed by atoms with E-state index in [9.17, 15) is 8.42 Å². The first-order valence-electron chi connectivity index (χ1n) is 8.62. The monoisotopic (exact) mass is 537 g/mol. The second-order valence-electron chi connectivity index (χ2n) is 6.35. The Morgan fingerprint density at radius 3 is 2.57 bits per heavy atom. The molecule has 156 valence electrons. The highest BCUT2D eigenvalue weighted by atomic mass is 127. The zero-order chi connectivity index (χ0) is 20.0. The first-order chi connectivity index (χ1) is 12.7. The van der Waals surface area contributed by atoms with Crippen molar-refractivity contribution in [3.05, 3.63) is 45.4 Å². The molecule has 0 aliphatic heterocycles. The van der Waals surface area contributed by atoms with Crippen molar-refractivity contribution < 1.29 is 8.42 Å². The van der Waals surface area contributed by atoms with Crippen LogP contribution >= 0.6 is 35.3 Å². The molecule has 10 heteroatoms. The maximum atomic E-state index is 12.5. The molecule has 28 heavy (non-hydrogen) atoms. The van der Waals surface area contributed by atoms with E-state index in [0.29, 0.717) is 23.9 Å². The molecule has 2 N–H and O–H groups in total. The third-order valence-corrected chi connectivity index (χ3v) is 6.40. The zero-order valence-corrected chi connectivity index (χ0v) is 20.8. The summed E-state index contributed by atoms with van der Waals surface area (Å²) in [5.41, 5.74) is 2.63. The SMILES string of the molecule is CN=C(NCCNS(=O)(=O)c1cc(C)ccc1C)N(C)Cc1csc(C)n1.I. The van der Waals surface area contributed by atoms with Crippen LogP contribution in [-0.4, -0.2) is 51.4 Å². The van der Waals surface area contributed by atoms with Gasteiger partial charge in [-0.1, -0.05) is 12.1 Å². The number of aliphatic imine (C=N–C) groups is 1. The molecular weight excluding hydrogens is 509 g/mol. The Labute approximate surface area is 188 Å². The minimum absolute atomic E-state index is 0. The molecule has 1 heterocycles. The van der Waals surface area contributed by atoms with Crippen LogP contribution in [0.1, 0.15) is 21.8 Å². The molecule has 0 radical (unpaired) electrons. The van der Waals surface area contributed by atoms with Crippen LogP contribution in [0.3, 0.4) is 0 Å². The summed E-state index contributed by atoms with van der Waals surface area (Å²) in [4.78, 5) is 11.0. The number of hydrogen-bond acceptors (Lipinski definition) is 5. The van der Waals surface area contributed by atoms with Crippen LogP contribution in [0, 0.1) is 20.8 Å². The van der Waals surface area contributed by atoms with E-state index in [1.807, 2.05) is 43.3 Å². The van der Waals surface area contributed by atoms with Gasteiger partial charge in [0.05, 0.1) is 22.1 Å². The van der Waals surface area contributed by atoms with Crippen LogP contribution in [0.15, 0.2) is 33.5 Å². The van der Waals surface area contributed by atoms with Crippen LogP contribution in [-0.2, 0) is 16.6 Å². The average Bonchev–Trinajstić information content (AvgIpc) is 3.01. The van der Waals surface area contributed by atoms with Gasteiger partial charge in [-0.05, 0) is 38.0 Å². The number of halogens is 1. The summed E-state index contributed by atoms with van der Waals surface area (Å²) in [6.45, 7) is 6.98. The van der Waals surface area contributed by atoms with Crippen LogP contribution in [0.4, 0.5) is 0 Å². The predicted octanol–water partition coefficient (Wildman–Crippen LogP) is 2.67. The maximum Gasteiger partial charge on any atom is 0.240 e. The van der Waals surface area contributed by atoms with Gasteiger partial charge in [0, 0.05) is 32.6 Å². The molecule has 0 aliphatic carbocycles. The Morgan fingerprint density at radius 2 is 1.96 bits per heavy atom. The fourth-order valence-electron chi connectivity index (χ4n) is 2.62. The van der Waals surface area contributed by atoms with E-state index in [0.717, 1.165) is 21.8 Å². The summed E-state index contributed by atoms with van der Waals surface area (Å²) < 4.78 is 27.7. The molecule has 0 spiro atoms. The minimum Gasteiger partial charge on any atom is -0.355 e. The molecule has 1 aromatic heterocycles. The number of hydrogen-bond donors (Lipinski definition) is 2. The third kappa shape index (κ3) is 6.98. The van der Waals surface area contributed by atoms with E-state index < -0.39 is 10.0 Å². The van der Waals surface area contributed by atoms with Crippen molar-refractivity contribution in [2.45, 2.75) is 32.2 Å². The number of rotatable bonds is 7. The number of aromatic nitrogens is 1. The lowest BCUT2D eigenvalue weighted by molar-refractivity contribution is 0.471. The van der Waals surface area contributed by atoms with E-state index in [-0.39, 0.29) is 30.5 Å². The van der Waals surface area contributed by atoms with Gasteiger partial charge >= 0.3 is 0 Å². The van der Waals surface area contributed by atoms with Crippen molar-refractivity contribution in [1.29, 1.82) is 0 Å². The number of guanidine groups is 1. The van der Waals surface area contributed by atoms with Crippen LogP contribution in [0.5, 0.6) is 0 Å². The number of sulfonamides is 1. The third-order valence-electron chi connectivity index (χ3n) is 3.97. The number of aryl methyl sites for hydroxylation is 3. The van der Waals surface area contributed by atoms with E-state index in [4.69, 9.17) is 0 Å². The number of benzene rings is 1. The first kappa shape index (κ1) is 24.8. The van der Waals surface area contributed by atoms with E-state index in [2.05, 4.69) is 20.0 Å².